The minimum atomic E-state index is -0.635. The Morgan fingerprint density at radius 1 is 0.754 bits per heavy atom. The summed E-state index contributed by atoms with van der Waals surface area (Å²) in [6.45, 7) is 6.87. The summed E-state index contributed by atoms with van der Waals surface area (Å²) in [5, 5.41) is 8.79. The number of imide groups is 1. The van der Waals surface area contributed by atoms with Gasteiger partial charge in [0.25, 0.3) is 0 Å². The van der Waals surface area contributed by atoms with Crippen LogP contribution in [0.5, 0.6) is 0 Å². The van der Waals surface area contributed by atoms with E-state index in [0.29, 0.717) is 56.0 Å². The summed E-state index contributed by atoms with van der Waals surface area (Å²) in [5.41, 5.74) is 9.00. The number of nitrogens with one attached hydrogen (secondary N) is 3. The first-order valence-corrected chi connectivity index (χ1v) is 24.3. The molecule has 1 aromatic carbocycles. The number of carbonyl (C=O) groups is 6. The number of likely N-dealkylation sites (N-methyl/N-ethyl adjacent to an activating group) is 2. The number of rotatable bonds is 31. The van der Waals surface area contributed by atoms with Crippen molar-refractivity contribution in [2.75, 3.05) is 44.4 Å². The molecule has 1 aliphatic heterocycles. The number of imidazole rings is 1. The van der Waals surface area contributed by atoms with E-state index in [4.69, 9.17) is 10.7 Å². The number of aryl methyl sites for hydroxylation is 2. The molecule has 3 aromatic rings. The third kappa shape index (κ3) is 14.6. The summed E-state index contributed by atoms with van der Waals surface area (Å²) in [6.07, 6.45) is 11.6. The van der Waals surface area contributed by atoms with E-state index in [1.807, 2.05) is 18.2 Å². The maximum atomic E-state index is 13.5. The van der Waals surface area contributed by atoms with Crippen molar-refractivity contribution in [2.24, 2.45) is 0 Å². The standard InChI is InChI=1S/C45H68N8O6S2/c1-6-7-23-37-51-39-40(33-21-14-15-22-34(33)50-43(39)46)52(37)26-18-16-25-49-38(57)24-13-9-8-11-19-32(56)20-12-10-17-27-53-44(58)41(60-28-35(47-4)30(2)54)42(45(53)59)61-29-36(48-5)31(3)55/h14-15,21-22,35-36,41-42,47-48H,6-13,16-20,23-29H2,1-5H3,(H2,46,50)(H,49,57). The fourth-order valence-corrected chi connectivity index (χ4v) is 10.9. The highest BCUT2D eigenvalue weighted by molar-refractivity contribution is 8.05. The van der Waals surface area contributed by atoms with Crippen LogP contribution in [0.15, 0.2) is 24.3 Å². The number of pyridine rings is 1. The zero-order valence-corrected chi connectivity index (χ0v) is 38.5. The van der Waals surface area contributed by atoms with Crippen LogP contribution in [0.3, 0.4) is 0 Å². The molecule has 336 valence electrons. The van der Waals surface area contributed by atoms with Gasteiger partial charge in [-0.15, -0.1) is 23.5 Å². The van der Waals surface area contributed by atoms with Crippen LogP contribution >= 0.6 is 23.5 Å². The lowest BCUT2D eigenvalue weighted by atomic mass is 10.0. The van der Waals surface area contributed by atoms with Gasteiger partial charge >= 0.3 is 0 Å². The first-order chi connectivity index (χ1) is 29.4. The number of likely N-dealkylation sites (tertiary alicyclic amines) is 1. The Labute approximate surface area is 369 Å². The summed E-state index contributed by atoms with van der Waals surface area (Å²) in [7, 11) is 3.39. The summed E-state index contributed by atoms with van der Waals surface area (Å²) < 4.78 is 2.30. The Hall–Kier alpha value is -3.86. The lowest BCUT2D eigenvalue weighted by Crippen LogP contribution is -2.38. The van der Waals surface area contributed by atoms with Crippen LogP contribution in [0.1, 0.15) is 116 Å². The van der Waals surface area contributed by atoms with E-state index in [0.717, 1.165) is 98.5 Å². The zero-order valence-electron chi connectivity index (χ0n) is 36.9. The van der Waals surface area contributed by atoms with Gasteiger partial charge in [0.05, 0.1) is 23.1 Å². The van der Waals surface area contributed by atoms with E-state index < -0.39 is 22.6 Å². The minimum Gasteiger partial charge on any atom is -0.382 e. The summed E-state index contributed by atoms with van der Waals surface area (Å²) in [4.78, 5) is 86.8. The fourth-order valence-electron chi connectivity index (χ4n) is 7.66. The number of carbonyl (C=O) groups excluding carboxylic acids is 6. The number of aromatic nitrogens is 3. The molecule has 4 unspecified atom stereocenters. The number of anilines is 1. The fraction of sp³-hybridized carbons (Fsp3) is 0.644. The predicted molar refractivity (Wildman–Crippen MR) is 248 cm³/mol. The SMILES string of the molecule is CCCCc1nc2c(N)nc3ccccc3c2n1CCCCNC(=O)CCCCCCC(=O)CCCCCN1C(=O)C(SCC(NC)C(C)=O)C(SCC(NC)C(C)=O)C1=O. The highest BCUT2D eigenvalue weighted by Crippen LogP contribution is 2.35. The molecule has 1 fully saturated rings. The second-order valence-corrected chi connectivity index (χ2v) is 18.4. The largest absolute Gasteiger partial charge is 0.382 e. The number of ketones is 3. The minimum absolute atomic E-state index is 0.0378. The van der Waals surface area contributed by atoms with Crippen molar-refractivity contribution in [1.29, 1.82) is 0 Å². The molecule has 0 bridgehead atoms. The Morgan fingerprint density at radius 3 is 1.92 bits per heavy atom. The normalized spacial score (nSPS) is 16.4. The average Bonchev–Trinajstić information content (AvgIpc) is 3.71. The molecule has 0 aliphatic carbocycles. The smallest absolute Gasteiger partial charge is 0.243 e. The van der Waals surface area contributed by atoms with Crippen molar-refractivity contribution in [3.8, 4) is 0 Å². The Kier molecular flexibility index (Phi) is 21.2. The molecular formula is C45H68N8O6S2. The molecule has 1 saturated heterocycles. The van der Waals surface area contributed by atoms with Crippen LogP contribution in [0.25, 0.3) is 21.9 Å². The van der Waals surface area contributed by atoms with Gasteiger partial charge in [0.15, 0.2) is 5.82 Å². The quantitative estimate of drug-likeness (QED) is 0.0447. The molecule has 4 rings (SSSR count). The highest BCUT2D eigenvalue weighted by atomic mass is 32.2. The number of Topliss-reactive ketones (excluding diaryl/α,β-unsaturated/α-hetero) is 3. The number of hydrogen-bond acceptors (Lipinski definition) is 13. The van der Waals surface area contributed by atoms with Crippen molar-refractivity contribution in [3.63, 3.8) is 0 Å². The lowest BCUT2D eigenvalue weighted by Gasteiger charge is -2.19. The van der Waals surface area contributed by atoms with Crippen LogP contribution in [0, 0.1) is 0 Å². The van der Waals surface area contributed by atoms with Crippen LogP contribution in [0.2, 0.25) is 0 Å². The molecule has 4 atom stereocenters. The van der Waals surface area contributed by atoms with E-state index in [-0.39, 0.29) is 41.6 Å². The monoisotopic (exact) mass is 880 g/mol. The molecule has 14 nitrogen and oxygen atoms in total. The second kappa shape index (κ2) is 25.9. The molecule has 1 aliphatic rings. The maximum absolute atomic E-state index is 13.5. The van der Waals surface area contributed by atoms with Crippen molar-refractivity contribution in [1.82, 2.24) is 35.4 Å². The van der Waals surface area contributed by atoms with Gasteiger partial charge in [-0.1, -0.05) is 50.8 Å². The van der Waals surface area contributed by atoms with Gasteiger partial charge in [0.1, 0.15) is 39.2 Å². The van der Waals surface area contributed by atoms with Crippen molar-refractivity contribution in [2.45, 2.75) is 146 Å². The van der Waals surface area contributed by atoms with E-state index in [1.165, 1.54) is 42.3 Å². The van der Waals surface area contributed by atoms with Crippen LogP contribution in [-0.4, -0.2) is 116 Å². The van der Waals surface area contributed by atoms with Gasteiger partial charge in [0.2, 0.25) is 17.7 Å². The maximum Gasteiger partial charge on any atom is 0.243 e. The van der Waals surface area contributed by atoms with Crippen molar-refractivity contribution in [3.05, 3.63) is 30.1 Å². The van der Waals surface area contributed by atoms with Crippen LogP contribution < -0.4 is 21.7 Å². The van der Waals surface area contributed by atoms with Gasteiger partial charge < -0.3 is 26.3 Å². The third-order valence-corrected chi connectivity index (χ3v) is 14.3. The number of hydrogen-bond donors (Lipinski definition) is 4. The first-order valence-electron chi connectivity index (χ1n) is 22.2. The molecule has 16 heteroatoms. The van der Waals surface area contributed by atoms with Gasteiger partial charge in [-0.05, 0) is 79.0 Å². The van der Waals surface area contributed by atoms with Gasteiger partial charge in [-0.3, -0.25) is 33.7 Å². The lowest BCUT2D eigenvalue weighted by molar-refractivity contribution is -0.138. The number of para-hydroxylation sites is 1. The van der Waals surface area contributed by atoms with E-state index >= 15 is 0 Å². The van der Waals surface area contributed by atoms with Crippen LogP contribution in [0.4, 0.5) is 5.82 Å². The number of unbranched alkanes of at least 4 members (excludes halogenated alkanes) is 7. The number of nitrogens with zero attached hydrogens (tertiary/aromatic N) is 4. The number of benzene rings is 1. The van der Waals surface area contributed by atoms with E-state index in [2.05, 4.69) is 38.5 Å². The third-order valence-electron chi connectivity index (χ3n) is 11.4. The average molecular weight is 881 g/mol. The molecular weight excluding hydrogens is 813 g/mol. The molecule has 3 heterocycles. The first kappa shape index (κ1) is 49.8. The molecule has 5 N–H and O–H groups in total. The molecule has 3 amide bonds. The number of thioether (sulfide) groups is 2. The molecule has 0 saturated carbocycles. The van der Waals surface area contributed by atoms with Gasteiger partial charge in [0, 0.05) is 62.2 Å². The zero-order chi connectivity index (χ0) is 44.3. The molecule has 2 aromatic heterocycles. The predicted octanol–water partition coefficient (Wildman–Crippen LogP) is 5.80. The summed E-state index contributed by atoms with van der Waals surface area (Å²) in [5.74, 6) is 1.90. The second-order valence-electron chi connectivity index (χ2n) is 16.1. The number of nitrogens with two attached hydrogens (primary N) is 1. The molecule has 61 heavy (non-hydrogen) atoms. The number of fused-ring (bicyclic) bond motifs is 3. The van der Waals surface area contributed by atoms with Crippen molar-refractivity contribution < 1.29 is 28.8 Å². The summed E-state index contributed by atoms with van der Waals surface area (Å²) in [6, 6.07) is 7.19. The Balaban J connectivity index is 1.08. The Morgan fingerprint density at radius 2 is 1.33 bits per heavy atom. The van der Waals surface area contributed by atoms with E-state index in [1.54, 1.807) is 14.1 Å². The summed E-state index contributed by atoms with van der Waals surface area (Å²) >= 11 is 2.62. The molecule has 0 radical (unpaired) electrons. The van der Waals surface area contributed by atoms with Gasteiger partial charge in [-0.2, -0.15) is 0 Å². The topological polar surface area (TPSA) is 198 Å². The van der Waals surface area contributed by atoms with Crippen molar-refractivity contribution >= 4 is 86.3 Å². The van der Waals surface area contributed by atoms with Gasteiger partial charge in [-0.25, -0.2) is 9.97 Å². The Bertz CT molecular complexity index is 1910. The number of amides is 3. The van der Waals surface area contributed by atoms with E-state index in [9.17, 15) is 28.8 Å². The highest BCUT2D eigenvalue weighted by Gasteiger charge is 2.48. The number of nitrogen functional groups attached to an aromatic ring is 1. The molecule has 0 spiro atoms. The van der Waals surface area contributed by atoms with Crippen LogP contribution in [-0.2, 0) is 41.7 Å².